The number of hydrogen-bond donors (Lipinski definition) is 1. The maximum atomic E-state index is 13.3. The second kappa shape index (κ2) is 6.29. The fourth-order valence-corrected chi connectivity index (χ4v) is 9.34. The van der Waals surface area contributed by atoms with E-state index in [9.17, 15) is 19.5 Å². The summed E-state index contributed by atoms with van der Waals surface area (Å²) < 4.78 is 0. The lowest BCUT2D eigenvalue weighted by Gasteiger charge is -2.70. The van der Waals surface area contributed by atoms with E-state index >= 15 is 0 Å². The van der Waals surface area contributed by atoms with Crippen LogP contribution in [0.25, 0.3) is 0 Å². The Bertz CT molecular complexity index is 855. The molecule has 0 aromatic carbocycles. The zero-order chi connectivity index (χ0) is 21.6. The van der Waals surface area contributed by atoms with E-state index in [1.54, 1.807) is 0 Å². The van der Waals surface area contributed by atoms with E-state index in [0.29, 0.717) is 36.2 Å². The monoisotopic (exact) mass is 412 g/mol. The first kappa shape index (κ1) is 20.5. The van der Waals surface area contributed by atoms with E-state index < -0.39 is 11.4 Å². The summed E-state index contributed by atoms with van der Waals surface area (Å²) in [6.45, 7) is 8.73. The smallest absolute Gasteiger partial charge is 0.309 e. The van der Waals surface area contributed by atoms with Gasteiger partial charge >= 0.3 is 5.97 Å². The van der Waals surface area contributed by atoms with Crippen molar-refractivity contribution in [3.05, 3.63) is 11.6 Å². The summed E-state index contributed by atoms with van der Waals surface area (Å²) in [4.78, 5) is 38.8. The van der Waals surface area contributed by atoms with Gasteiger partial charge in [-0.1, -0.05) is 38.8 Å². The van der Waals surface area contributed by atoms with Gasteiger partial charge in [-0.15, -0.1) is 0 Å². The lowest BCUT2D eigenvalue weighted by Crippen LogP contribution is -2.67. The minimum absolute atomic E-state index is 0.0767. The molecular formula is C26H36O4. The van der Waals surface area contributed by atoms with Crippen LogP contribution in [0, 0.1) is 51.8 Å². The van der Waals surface area contributed by atoms with Gasteiger partial charge in [-0.25, -0.2) is 0 Å². The summed E-state index contributed by atoms with van der Waals surface area (Å²) in [6.07, 6.45) is 8.70. The molecule has 0 saturated heterocycles. The van der Waals surface area contributed by atoms with Crippen LogP contribution in [0.3, 0.4) is 0 Å². The molecule has 4 saturated carbocycles. The van der Waals surface area contributed by atoms with Crippen LogP contribution >= 0.6 is 0 Å². The van der Waals surface area contributed by atoms with Crippen LogP contribution in [0.4, 0.5) is 0 Å². The van der Waals surface area contributed by atoms with Crippen LogP contribution in [-0.4, -0.2) is 22.6 Å². The zero-order valence-corrected chi connectivity index (χ0v) is 18.9. The van der Waals surface area contributed by atoms with E-state index in [4.69, 9.17) is 0 Å². The molecular weight excluding hydrogens is 376 g/mol. The second-order valence-corrected chi connectivity index (χ2v) is 11.9. The van der Waals surface area contributed by atoms with E-state index in [1.165, 1.54) is 5.57 Å². The first-order valence-electron chi connectivity index (χ1n) is 12.1. The van der Waals surface area contributed by atoms with Crippen molar-refractivity contribution in [3.8, 4) is 0 Å². The number of carbonyl (C=O) groups excluding carboxylic acids is 2. The maximum absolute atomic E-state index is 13.3. The van der Waals surface area contributed by atoms with Gasteiger partial charge in [0.05, 0.1) is 5.41 Å². The molecule has 0 aromatic rings. The number of allylic oxidation sites excluding steroid dienone is 2. The third kappa shape index (κ3) is 2.31. The Balaban J connectivity index is 1.67. The molecule has 6 rings (SSSR count). The first-order chi connectivity index (χ1) is 14.1. The molecule has 164 valence electrons. The normalized spacial score (nSPS) is 49.9. The molecule has 8 atom stereocenters. The highest BCUT2D eigenvalue weighted by Crippen LogP contribution is 2.74. The molecule has 0 amide bonds. The van der Waals surface area contributed by atoms with Crippen molar-refractivity contribution in [3.63, 3.8) is 0 Å². The number of carboxylic acids is 1. The van der Waals surface area contributed by atoms with Crippen molar-refractivity contribution in [2.45, 2.75) is 79.1 Å². The Labute approximate surface area is 179 Å². The highest BCUT2D eigenvalue weighted by Gasteiger charge is 2.70. The maximum Gasteiger partial charge on any atom is 0.309 e. The number of carboxylic acid groups (broad SMARTS) is 1. The average molecular weight is 413 g/mol. The van der Waals surface area contributed by atoms with Crippen LogP contribution in [0.1, 0.15) is 79.1 Å². The van der Waals surface area contributed by atoms with Gasteiger partial charge in [0.1, 0.15) is 11.6 Å². The lowest BCUT2D eigenvalue weighted by molar-refractivity contribution is -0.200. The van der Waals surface area contributed by atoms with Crippen molar-refractivity contribution in [2.24, 2.45) is 51.8 Å². The minimum atomic E-state index is -0.679. The zero-order valence-electron chi connectivity index (χ0n) is 18.9. The van der Waals surface area contributed by atoms with Gasteiger partial charge in [-0.3, -0.25) is 14.4 Å². The van der Waals surface area contributed by atoms with Crippen molar-refractivity contribution >= 4 is 17.5 Å². The van der Waals surface area contributed by atoms with Crippen molar-refractivity contribution in [1.29, 1.82) is 0 Å². The number of ketones is 2. The molecule has 2 bridgehead atoms. The van der Waals surface area contributed by atoms with Gasteiger partial charge in [-0.05, 0) is 68.1 Å². The third-order valence-corrected chi connectivity index (χ3v) is 10.5. The van der Waals surface area contributed by atoms with E-state index in [1.807, 2.05) is 6.92 Å². The van der Waals surface area contributed by atoms with Crippen LogP contribution < -0.4 is 0 Å². The van der Waals surface area contributed by atoms with E-state index in [2.05, 4.69) is 26.8 Å². The molecule has 6 aliphatic rings. The number of carbonyl (C=O) groups is 3. The van der Waals surface area contributed by atoms with Gasteiger partial charge in [0.15, 0.2) is 0 Å². The summed E-state index contributed by atoms with van der Waals surface area (Å²) >= 11 is 0. The largest absolute Gasteiger partial charge is 0.481 e. The molecule has 0 heterocycles. The summed E-state index contributed by atoms with van der Waals surface area (Å²) in [5, 5.41) is 10.1. The SMILES string of the molecule is CC(C)C1=C[C@@]23CC[C@H]4[C@](C)(CCC[C@]4(C)C(=O)O)[C@@H]2C[C@@H]1[C@H]1C(=O)CCC(=O)[C@H]13. The topological polar surface area (TPSA) is 71.4 Å². The van der Waals surface area contributed by atoms with Gasteiger partial charge in [0, 0.05) is 30.1 Å². The number of rotatable bonds is 2. The number of Topliss-reactive ketones (excluding diaryl/α,β-unsaturated/α-hetero) is 2. The molecule has 30 heavy (non-hydrogen) atoms. The van der Waals surface area contributed by atoms with Crippen LogP contribution in [0.5, 0.6) is 0 Å². The quantitative estimate of drug-likeness (QED) is 0.644. The molecule has 4 nitrogen and oxygen atoms in total. The molecule has 0 radical (unpaired) electrons. The van der Waals surface area contributed by atoms with Crippen molar-refractivity contribution in [2.75, 3.05) is 0 Å². The average Bonchev–Trinajstić information content (AvgIpc) is 2.69. The number of fused-ring (bicyclic) bond motifs is 1. The summed E-state index contributed by atoms with van der Waals surface area (Å²) in [5.74, 6) is 0.677. The Morgan fingerprint density at radius 2 is 1.77 bits per heavy atom. The summed E-state index contributed by atoms with van der Waals surface area (Å²) in [6, 6.07) is 0. The van der Waals surface area contributed by atoms with Gasteiger partial charge < -0.3 is 5.11 Å². The molecule has 0 unspecified atom stereocenters. The highest BCUT2D eigenvalue weighted by atomic mass is 16.4. The first-order valence-corrected chi connectivity index (χ1v) is 12.1. The molecule has 4 fully saturated rings. The summed E-state index contributed by atoms with van der Waals surface area (Å²) in [5.41, 5.74) is 0.400. The molecule has 1 N–H and O–H groups in total. The minimum Gasteiger partial charge on any atom is -0.481 e. The third-order valence-electron chi connectivity index (χ3n) is 10.5. The van der Waals surface area contributed by atoms with Gasteiger partial charge in [0.25, 0.3) is 0 Å². The van der Waals surface area contributed by atoms with Crippen LogP contribution in [0.2, 0.25) is 0 Å². The standard InChI is InChI=1S/C26H36O4/c1-14(2)16-13-26-11-8-19-24(3,9-5-10-25(19,4)23(29)30)20(26)12-15(16)21-17(27)6-7-18(28)22(21)26/h13-15,19-22H,5-12H2,1-4H3,(H,29,30)/t15-,19-,20-,21-,22+,24-,25-,26-/m0/s1. The van der Waals surface area contributed by atoms with E-state index in [-0.39, 0.29) is 34.5 Å². The highest BCUT2D eigenvalue weighted by molar-refractivity contribution is 5.98. The Morgan fingerprint density at radius 1 is 1.07 bits per heavy atom. The molecule has 6 aliphatic carbocycles. The van der Waals surface area contributed by atoms with Gasteiger partial charge in [0.2, 0.25) is 0 Å². The Morgan fingerprint density at radius 3 is 2.43 bits per heavy atom. The Kier molecular flexibility index (Phi) is 4.29. The number of hydrogen-bond acceptors (Lipinski definition) is 3. The molecule has 0 aromatic heterocycles. The predicted molar refractivity (Wildman–Crippen MR) is 114 cm³/mol. The lowest BCUT2D eigenvalue weighted by atomic mass is 9.33. The predicted octanol–water partition coefficient (Wildman–Crippen LogP) is 5.06. The Hall–Kier alpha value is -1.45. The fourth-order valence-electron chi connectivity index (χ4n) is 9.34. The van der Waals surface area contributed by atoms with Crippen molar-refractivity contribution in [1.82, 2.24) is 0 Å². The van der Waals surface area contributed by atoms with Crippen molar-refractivity contribution < 1.29 is 19.5 Å². The second-order valence-electron chi connectivity index (χ2n) is 11.9. The molecule has 1 spiro atoms. The van der Waals surface area contributed by atoms with Crippen LogP contribution in [-0.2, 0) is 14.4 Å². The molecule has 0 aliphatic heterocycles. The fraction of sp³-hybridized carbons (Fsp3) is 0.808. The van der Waals surface area contributed by atoms with E-state index in [0.717, 1.165) is 38.5 Å². The number of aliphatic carboxylic acids is 1. The summed E-state index contributed by atoms with van der Waals surface area (Å²) in [7, 11) is 0. The molecule has 4 heteroatoms. The van der Waals surface area contributed by atoms with Crippen LogP contribution in [0.15, 0.2) is 11.6 Å². The van der Waals surface area contributed by atoms with Gasteiger partial charge in [-0.2, -0.15) is 0 Å².